The summed E-state index contributed by atoms with van der Waals surface area (Å²) < 4.78 is 6.90. The number of rotatable bonds is 4. The normalized spacial score (nSPS) is 16.1. The zero-order valence-corrected chi connectivity index (χ0v) is 13.4. The van der Waals surface area contributed by atoms with Crippen molar-refractivity contribution in [3.8, 4) is 0 Å². The SMILES string of the molecule is Cn1nc(C(=O)NC2CC2)c2c1CN(C(=O)NCc1ccco1)C2. The largest absolute Gasteiger partial charge is 0.467 e. The number of hydrogen-bond donors (Lipinski definition) is 2. The number of carbonyl (C=O) groups is 2. The quantitative estimate of drug-likeness (QED) is 0.879. The summed E-state index contributed by atoms with van der Waals surface area (Å²) in [4.78, 5) is 26.3. The van der Waals surface area contributed by atoms with E-state index in [2.05, 4.69) is 15.7 Å². The van der Waals surface area contributed by atoms with Crippen LogP contribution < -0.4 is 10.6 Å². The molecule has 3 amide bonds. The first-order valence-electron chi connectivity index (χ1n) is 8.02. The van der Waals surface area contributed by atoms with Crippen molar-refractivity contribution in [2.24, 2.45) is 7.05 Å². The van der Waals surface area contributed by atoms with Gasteiger partial charge in [-0.1, -0.05) is 0 Å². The smallest absolute Gasteiger partial charge is 0.318 e. The lowest BCUT2D eigenvalue weighted by Gasteiger charge is -2.16. The highest BCUT2D eigenvalue weighted by atomic mass is 16.3. The molecule has 1 aliphatic heterocycles. The molecule has 0 aromatic carbocycles. The lowest BCUT2D eigenvalue weighted by Crippen LogP contribution is -2.36. The van der Waals surface area contributed by atoms with Gasteiger partial charge in [-0.2, -0.15) is 5.10 Å². The average Bonchev–Trinajstić information content (AvgIpc) is 3.00. The predicted octanol–water partition coefficient (Wildman–Crippen LogP) is 1.13. The minimum Gasteiger partial charge on any atom is -0.467 e. The van der Waals surface area contributed by atoms with Gasteiger partial charge in [0.1, 0.15) is 5.76 Å². The first-order valence-corrected chi connectivity index (χ1v) is 8.02. The second kappa shape index (κ2) is 5.70. The molecule has 2 N–H and O–H groups in total. The van der Waals surface area contributed by atoms with Crippen LogP contribution in [0, 0.1) is 0 Å². The van der Waals surface area contributed by atoms with E-state index in [1.165, 1.54) is 0 Å². The lowest BCUT2D eigenvalue weighted by atomic mass is 10.2. The maximum absolute atomic E-state index is 12.3. The fraction of sp³-hybridized carbons (Fsp3) is 0.438. The Bertz CT molecular complexity index is 776. The number of aryl methyl sites for hydroxylation is 1. The number of nitrogens with zero attached hydrogens (tertiary/aromatic N) is 3. The fourth-order valence-corrected chi connectivity index (χ4v) is 2.89. The topological polar surface area (TPSA) is 92.4 Å². The Morgan fingerprint density at radius 3 is 2.92 bits per heavy atom. The summed E-state index contributed by atoms with van der Waals surface area (Å²) in [6.07, 6.45) is 3.63. The van der Waals surface area contributed by atoms with Crippen LogP contribution in [0.25, 0.3) is 0 Å². The third-order valence-corrected chi connectivity index (χ3v) is 4.37. The molecule has 0 radical (unpaired) electrons. The van der Waals surface area contributed by atoms with Gasteiger partial charge in [0.05, 0.1) is 31.6 Å². The van der Waals surface area contributed by atoms with Crippen LogP contribution in [-0.2, 0) is 26.7 Å². The zero-order valence-electron chi connectivity index (χ0n) is 13.4. The van der Waals surface area contributed by atoms with Crippen molar-refractivity contribution >= 4 is 11.9 Å². The maximum atomic E-state index is 12.3. The van der Waals surface area contributed by atoms with Gasteiger partial charge < -0.3 is 20.0 Å². The van der Waals surface area contributed by atoms with Gasteiger partial charge in [0, 0.05) is 18.7 Å². The van der Waals surface area contributed by atoms with Gasteiger partial charge >= 0.3 is 6.03 Å². The van der Waals surface area contributed by atoms with Crippen LogP contribution in [0.2, 0.25) is 0 Å². The van der Waals surface area contributed by atoms with E-state index in [-0.39, 0.29) is 18.0 Å². The summed E-state index contributed by atoms with van der Waals surface area (Å²) in [5.41, 5.74) is 2.17. The third-order valence-electron chi connectivity index (χ3n) is 4.37. The first-order chi connectivity index (χ1) is 11.6. The highest BCUT2D eigenvalue weighted by Crippen LogP contribution is 2.27. The average molecular weight is 329 g/mol. The molecule has 24 heavy (non-hydrogen) atoms. The molecule has 3 heterocycles. The van der Waals surface area contributed by atoms with Gasteiger partial charge in [-0.15, -0.1) is 0 Å². The summed E-state index contributed by atoms with van der Waals surface area (Å²) in [7, 11) is 1.80. The van der Waals surface area contributed by atoms with Gasteiger partial charge in [-0.25, -0.2) is 4.79 Å². The second-order valence-electron chi connectivity index (χ2n) is 6.24. The summed E-state index contributed by atoms with van der Waals surface area (Å²) in [6, 6.07) is 3.69. The Hall–Kier alpha value is -2.77. The predicted molar refractivity (Wildman–Crippen MR) is 83.9 cm³/mol. The minimum absolute atomic E-state index is 0.146. The minimum atomic E-state index is -0.184. The fourth-order valence-electron chi connectivity index (χ4n) is 2.89. The van der Waals surface area contributed by atoms with Crippen molar-refractivity contribution in [1.29, 1.82) is 0 Å². The Labute approximate surface area is 138 Å². The second-order valence-corrected chi connectivity index (χ2v) is 6.24. The summed E-state index contributed by atoms with van der Waals surface area (Å²) in [6.45, 7) is 1.17. The Morgan fingerprint density at radius 2 is 2.21 bits per heavy atom. The number of nitrogens with one attached hydrogen (secondary N) is 2. The van der Waals surface area contributed by atoms with Crippen LogP contribution in [0.4, 0.5) is 4.79 Å². The maximum Gasteiger partial charge on any atom is 0.318 e. The summed E-state index contributed by atoms with van der Waals surface area (Å²) in [5.74, 6) is 0.554. The van der Waals surface area contributed by atoms with Crippen molar-refractivity contribution in [3.63, 3.8) is 0 Å². The van der Waals surface area contributed by atoms with Crippen LogP contribution in [0.1, 0.15) is 40.3 Å². The molecule has 126 valence electrons. The lowest BCUT2D eigenvalue weighted by molar-refractivity contribution is 0.0943. The molecule has 4 rings (SSSR count). The van der Waals surface area contributed by atoms with E-state index < -0.39 is 0 Å². The molecule has 1 aliphatic carbocycles. The summed E-state index contributed by atoms with van der Waals surface area (Å²) in [5, 5.41) is 10.1. The molecule has 0 spiro atoms. The van der Waals surface area contributed by atoms with E-state index in [1.54, 1.807) is 29.0 Å². The molecular formula is C16H19N5O3. The van der Waals surface area contributed by atoms with E-state index in [1.807, 2.05) is 6.07 Å². The van der Waals surface area contributed by atoms with Crippen LogP contribution in [0.5, 0.6) is 0 Å². The number of hydrogen-bond acceptors (Lipinski definition) is 4. The summed E-state index contributed by atoms with van der Waals surface area (Å²) >= 11 is 0. The molecule has 0 atom stereocenters. The zero-order chi connectivity index (χ0) is 16.7. The van der Waals surface area contributed by atoms with E-state index in [9.17, 15) is 9.59 Å². The van der Waals surface area contributed by atoms with E-state index >= 15 is 0 Å². The molecule has 8 heteroatoms. The standard InChI is InChI=1S/C16H19N5O3/c1-20-13-9-21(16(23)17-7-11-3-2-6-24-11)8-12(13)14(19-20)15(22)18-10-4-5-10/h2-3,6,10H,4-5,7-9H2,1H3,(H,17,23)(H,18,22). The molecule has 2 aliphatic rings. The number of urea groups is 1. The van der Waals surface area contributed by atoms with Crippen molar-refractivity contribution in [3.05, 3.63) is 41.1 Å². The molecule has 2 aromatic heterocycles. The third kappa shape index (κ3) is 2.75. The van der Waals surface area contributed by atoms with Gasteiger partial charge in [0.2, 0.25) is 0 Å². The van der Waals surface area contributed by atoms with Crippen molar-refractivity contribution in [1.82, 2.24) is 25.3 Å². The Kier molecular flexibility index (Phi) is 3.51. The Morgan fingerprint density at radius 1 is 1.38 bits per heavy atom. The van der Waals surface area contributed by atoms with Crippen molar-refractivity contribution in [2.45, 2.75) is 38.5 Å². The molecule has 1 fully saturated rings. The number of fused-ring (bicyclic) bond motifs is 1. The molecule has 1 saturated carbocycles. The van der Waals surface area contributed by atoms with Gasteiger partial charge in [-0.05, 0) is 25.0 Å². The molecule has 0 bridgehead atoms. The van der Waals surface area contributed by atoms with Gasteiger partial charge in [-0.3, -0.25) is 9.48 Å². The molecule has 0 saturated heterocycles. The number of amides is 3. The molecular weight excluding hydrogens is 310 g/mol. The molecule has 8 nitrogen and oxygen atoms in total. The van der Waals surface area contributed by atoms with E-state index in [0.717, 1.165) is 24.1 Å². The molecule has 2 aromatic rings. The van der Waals surface area contributed by atoms with Crippen LogP contribution in [0.15, 0.2) is 22.8 Å². The number of aromatic nitrogens is 2. The van der Waals surface area contributed by atoms with Crippen LogP contribution in [-0.4, -0.2) is 32.7 Å². The highest BCUT2D eigenvalue weighted by Gasteiger charge is 2.33. The number of furan rings is 1. The van der Waals surface area contributed by atoms with Gasteiger partial charge in [0.15, 0.2) is 5.69 Å². The van der Waals surface area contributed by atoms with Crippen LogP contribution >= 0.6 is 0 Å². The van der Waals surface area contributed by atoms with Crippen LogP contribution in [0.3, 0.4) is 0 Å². The van der Waals surface area contributed by atoms with E-state index in [0.29, 0.717) is 31.1 Å². The van der Waals surface area contributed by atoms with Crippen molar-refractivity contribution in [2.75, 3.05) is 0 Å². The highest BCUT2D eigenvalue weighted by molar-refractivity contribution is 5.94. The number of carbonyl (C=O) groups excluding carboxylic acids is 2. The Balaban J connectivity index is 1.43. The van der Waals surface area contributed by atoms with E-state index in [4.69, 9.17) is 4.42 Å². The first kappa shape index (κ1) is 14.8. The van der Waals surface area contributed by atoms with Gasteiger partial charge in [0.25, 0.3) is 5.91 Å². The van der Waals surface area contributed by atoms with Crippen molar-refractivity contribution < 1.29 is 14.0 Å². The molecule has 0 unspecified atom stereocenters. The monoisotopic (exact) mass is 329 g/mol.